The van der Waals surface area contributed by atoms with Gasteiger partial charge < -0.3 is 9.47 Å². The van der Waals surface area contributed by atoms with Crippen molar-refractivity contribution in [2.45, 2.75) is 25.2 Å². The van der Waals surface area contributed by atoms with E-state index in [0.29, 0.717) is 22.9 Å². The lowest BCUT2D eigenvalue weighted by molar-refractivity contribution is -0.0340. The Kier molecular flexibility index (Phi) is 5.27. The number of halogens is 2. The highest BCUT2D eigenvalue weighted by Gasteiger charge is 2.28. The lowest BCUT2D eigenvalue weighted by Crippen LogP contribution is -2.31. The second kappa shape index (κ2) is 7.43. The van der Waals surface area contributed by atoms with E-state index in [0.717, 1.165) is 0 Å². The molecule has 1 aromatic carbocycles. The van der Waals surface area contributed by atoms with Crippen molar-refractivity contribution in [3.05, 3.63) is 66.9 Å². The third-order valence-electron chi connectivity index (χ3n) is 3.75. The van der Waals surface area contributed by atoms with Gasteiger partial charge in [-0.1, -0.05) is 23.2 Å². The smallest absolute Gasteiger partial charge is 0.338 e. The maximum Gasteiger partial charge on any atom is 0.338 e. The minimum absolute atomic E-state index is 0.0393. The van der Waals surface area contributed by atoms with Crippen LogP contribution in [0.4, 0.5) is 0 Å². The highest BCUT2D eigenvalue weighted by molar-refractivity contribution is 6.35. The van der Waals surface area contributed by atoms with Crippen molar-refractivity contribution in [3.63, 3.8) is 0 Å². The molecule has 7 nitrogen and oxygen atoms in total. The summed E-state index contributed by atoms with van der Waals surface area (Å²) in [6.07, 6.45) is 1.71. The number of carbonyl (C=O) groups is 1. The van der Waals surface area contributed by atoms with Gasteiger partial charge in [-0.2, -0.15) is 0 Å². The van der Waals surface area contributed by atoms with Crippen molar-refractivity contribution in [2.75, 3.05) is 6.61 Å². The van der Waals surface area contributed by atoms with Gasteiger partial charge in [0.1, 0.15) is 12.8 Å². The summed E-state index contributed by atoms with van der Waals surface area (Å²) in [7, 11) is 0. The summed E-state index contributed by atoms with van der Waals surface area (Å²) in [5.74, 6) is -0.558. The molecule has 9 heteroatoms. The molecule has 0 spiro atoms. The number of ether oxygens (including phenoxy) is 2. The largest absolute Gasteiger partial charge is 0.459 e. The van der Waals surface area contributed by atoms with Crippen LogP contribution in [0.15, 0.2) is 40.1 Å². The molecule has 2 atom stereocenters. The molecular weight excluding hydrogens is 371 g/mol. The first-order valence-corrected chi connectivity index (χ1v) is 8.28. The first-order valence-electron chi connectivity index (χ1n) is 7.52. The molecule has 1 N–H and O–H groups in total. The van der Waals surface area contributed by atoms with Crippen molar-refractivity contribution in [3.8, 4) is 0 Å². The highest BCUT2D eigenvalue weighted by Crippen LogP contribution is 2.27. The van der Waals surface area contributed by atoms with Crippen LogP contribution >= 0.6 is 23.2 Å². The predicted octanol–water partition coefficient (Wildman–Crippen LogP) is 2.38. The van der Waals surface area contributed by atoms with Gasteiger partial charge in [0.05, 0.1) is 11.7 Å². The van der Waals surface area contributed by atoms with Gasteiger partial charge >= 0.3 is 11.7 Å². The number of nitrogens with one attached hydrogen (secondary N) is 1. The highest BCUT2D eigenvalue weighted by atomic mass is 35.5. The van der Waals surface area contributed by atoms with Crippen molar-refractivity contribution in [1.82, 2.24) is 9.55 Å². The summed E-state index contributed by atoms with van der Waals surface area (Å²) in [6.45, 7) is 0.0393. The van der Waals surface area contributed by atoms with Gasteiger partial charge in [-0.25, -0.2) is 9.59 Å². The minimum atomic E-state index is -0.558. The topological polar surface area (TPSA) is 90.4 Å². The van der Waals surface area contributed by atoms with Crippen LogP contribution in [0.5, 0.6) is 0 Å². The Bertz CT molecular complexity index is 888. The molecule has 1 aromatic heterocycles. The molecule has 2 heterocycles. The minimum Gasteiger partial charge on any atom is -0.459 e. The average molecular weight is 385 g/mol. The molecule has 1 saturated heterocycles. The number of rotatable bonds is 4. The number of aromatic nitrogens is 2. The Labute approximate surface area is 152 Å². The number of hydrogen-bond acceptors (Lipinski definition) is 5. The lowest BCUT2D eigenvalue weighted by Gasteiger charge is -2.15. The van der Waals surface area contributed by atoms with Crippen LogP contribution in [-0.2, 0) is 9.47 Å². The Morgan fingerprint density at radius 1 is 1.24 bits per heavy atom. The summed E-state index contributed by atoms with van der Waals surface area (Å²) in [6, 6.07) is 5.70. The molecule has 0 radical (unpaired) electrons. The fourth-order valence-electron chi connectivity index (χ4n) is 2.59. The molecule has 0 bridgehead atoms. The number of benzene rings is 1. The number of esters is 1. The molecule has 2 aromatic rings. The number of carbonyl (C=O) groups excluding carboxylic acids is 1. The average Bonchev–Trinajstić information content (AvgIpc) is 3.00. The molecule has 1 fully saturated rings. The van der Waals surface area contributed by atoms with Gasteiger partial charge in [0.25, 0.3) is 5.56 Å². The predicted molar refractivity (Wildman–Crippen MR) is 91.2 cm³/mol. The number of aromatic amines is 1. The second-order valence-electron chi connectivity index (χ2n) is 5.56. The van der Waals surface area contributed by atoms with E-state index in [9.17, 15) is 14.4 Å². The number of hydrogen-bond donors (Lipinski definition) is 1. The van der Waals surface area contributed by atoms with Gasteiger partial charge in [-0.3, -0.25) is 14.3 Å². The van der Waals surface area contributed by atoms with E-state index in [1.807, 2.05) is 0 Å². The maximum atomic E-state index is 12.1. The van der Waals surface area contributed by atoms with Crippen LogP contribution in [0.25, 0.3) is 0 Å². The normalized spacial score (nSPS) is 19.8. The molecule has 25 heavy (non-hydrogen) atoms. The van der Waals surface area contributed by atoms with Crippen LogP contribution in [0, 0.1) is 0 Å². The molecule has 1 aliphatic heterocycles. The first kappa shape index (κ1) is 17.7. The molecule has 0 saturated carbocycles. The Morgan fingerprint density at radius 3 is 2.64 bits per heavy atom. The van der Waals surface area contributed by atoms with E-state index in [1.165, 1.54) is 35.0 Å². The zero-order valence-corrected chi connectivity index (χ0v) is 14.4. The number of nitrogens with zero attached hydrogens (tertiary/aromatic N) is 1. The fourth-order valence-corrected chi connectivity index (χ4v) is 3.12. The van der Waals surface area contributed by atoms with E-state index >= 15 is 0 Å². The van der Waals surface area contributed by atoms with Crippen LogP contribution in [0.1, 0.15) is 29.4 Å². The van der Waals surface area contributed by atoms with Crippen molar-refractivity contribution in [1.29, 1.82) is 0 Å². The standard InChI is InChI=1S/C16H14Cl2N2O5/c17-10-5-9(6-11(18)7-10)15(22)24-8-12-1-2-14(25-12)20-4-3-13(21)19-16(20)23/h3-7,12,14H,1-2,8H2,(H,19,21,23). The summed E-state index contributed by atoms with van der Waals surface area (Å²) in [5.41, 5.74) is -0.752. The van der Waals surface area contributed by atoms with Gasteiger partial charge in [-0.05, 0) is 31.0 Å². The van der Waals surface area contributed by atoms with Gasteiger partial charge in [-0.15, -0.1) is 0 Å². The second-order valence-corrected chi connectivity index (χ2v) is 6.44. The summed E-state index contributed by atoms with van der Waals surface area (Å²) >= 11 is 11.7. The van der Waals surface area contributed by atoms with Crippen molar-refractivity contribution >= 4 is 29.2 Å². The Hall–Kier alpha value is -2.09. The van der Waals surface area contributed by atoms with Crippen LogP contribution < -0.4 is 11.2 Å². The van der Waals surface area contributed by atoms with E-state index in [-0.39, 0.29) is 18.3 Å². The van der Waals surface area contributed by atoms with Gasteiger partial charge in [0, 0.05) is 22.3 Å². The van der Waals surface area contributed by atoms with E-state index in [4.69, 9.17) is 32.7 Å². The third-order valence-corrected chi connectivity index (χ3v) is 4.18. The Balaban J connectivity index is 1.59. The summed E-state index contributed by atoms with van der Waals surface area (Å²) in [5, 5.41) is 0.683. The zero-order valence-electron chi connectivity index (χ0n) is 12.9. The number of H-pyrrole nitrogens is 1. The zero-order chi connectivity index (χ0) is 18.0. The van der Waals surface area contributed by atoms with Crippen LogP contribution in [-0.4, -0.2) is 28.2 Å². The SMILES string of the molecule is O=C(OCC1CCC(n2ccc(=O)[nH]c2=O)O1)c1cc(Cl)cc(Cl)c1. The van der Waals surface area contributed by atoms with E-state index < -0.39 is 23.4 Å². The molecule has 0 amide bonds. The Morgan fingerprint density at radius 2 is 1.96 bits per heavy atom. The molecule has 132 valence electrons. The molecule has 2 unspecified atom stereocenters. The van der Waals surface area contributed by atoms with E-state index in [1.54, 1.807) is 0 Å². The monoisotopic (exact) mass is 384 g/mol. The van der Waals surface area contributed by atoms with Crippen LogP contribution in [0.3, 0.4) is 0 Å². The van der Waals surface area contributed by atoms with E-state index in [2.05, 4.69) is 4.98 Å². The summed E-state index contributed by atoms with van der Waals surface area (Å²) < 4.78 is 12.2. The van der Waals surface area contributed by atoms with Crippen LogP contribution in [0.2, 0.25) is 10.0 Å². The molecule has 3 rings (SSSR count). The first-order chi connectivity index (χ1) is 11.9. The van der Waals surface area contributed by atoms with Gasteiger partial charge in [0.2, 0.25) is 0 Å². The summed E-state index contributed by atoms with van der Waals surface area (Å²) in [4.78, 5) is 37.1. The lowest BCUT2D eigenvalue weighted by atomic mass is 10.2. The third kappa shape index (κ3) is 4.31. The molecular formula is C16H14Cl2N2O5. The van der Waals surface area contributed by atoms with Gasteiger partial charge in [0.15, 0.2) is 0 Å². The van der Waals surface area contributed by atoms with Crippen molar-refractivity contribution in [2.24, 2.45) is 0 Å². The fraction of sp³-hybridized carbons (Fsp3) is 0.312. The van der Waals surface area contributed by atoms with Crippen molar-refractivity contribution < 1.29 is 14.3 Å². The maximum absolute atomic E-state index is 12.1. The molecule has 0 aliphatic carbocycles. The molecule has 1 aliphatic rings. The quantitative estimate of drug-likeness (QED) is 0.817.